The van der Waals surface area contributed by atoms with Crippen LogP contribution in [0.25, 0.3) is 11.1 Å². The van der Waals surface area contributed by atoms with E-state index in [9.17, 15) is 13.2 Å². The van der Waals surface area contributed by atoms with Crippen molar-refractivity contribution in [1.29, 1.82) is 0 Å². The van der Waals surface area contributed by atoms with Crippen LogP contribution in [0.4, 0.5) is 5.95 Å². The highest BCUT2D eigenvalue weighted by Gasteiger charge is 2.39. The minimum atomic E-state index is -3.08. The average Bonchev–Trinajstić information content (AvgIpc) is 2.81. The van der Waals surface area contributed by atoms with E-state index in [0.717, 1.165) is 11.1 Å². The van der Waals surface area contributed by atoms with Crippen LogP contribution in [-0.4, -0.2) is 41.3 Å². The Balaban J connectivity index is 1.81. The normalized spacial score (nSPS) is 22.2. The van der Waals surface area contributed by atoms with Crippen molar-refractivity contribution in [2.75, 3.05) is 17.2 Å². The number of benzene rings is 1. The Morgan fingerprint density at radius 1 is 1.25 bits per heavy atom. The third kappa shape index (κ3) is 3.53. The summed E-state index contributed by atoms with van der Waals surface area (Å²) in [6, 6.07) is 7.00. The number of nitrogens with one attached hydrogen (secondary N) is 1. The lowest BCUT2D eigenvalue weighted by Crippen LogP contribution is -2.46. The van der Waals surface area contributed by atoms with Gasteiger partial charge in [0, 0.05) is 23.5 Å². The van der Waals surface area contributed by atoms with Crippen molar-refractivity contribution < 1.29 is 13.2 Å². The first-order valence-corrected chi connectivity index (χ1v) is 9.29. The summed E-state index contributed by atoms with van der Waals surface area (Å²) in [5.74, 6) is -0.0417. The number of amides is 1. The molecule has 1 unspecified atom stereocenters. The van der Waals surface area contributed by atoms with Gasteiger partial charge in [-0.25, -0.2) is 18.4 Å². The van der Waals surface area contributed by atoms with E-state index in [-0.39, 0.29) is 23.4 Å². The van der Waals surface area contributed by atoms with Gasteiger partial charge in [-0.1, -0.05) is 12.1 Å². The molecule has 1 aliphatic rings. The van der Waals surface area contributed by atoms with Crippen molar-refractivity contribution in [3.8, 4) is 11.1 Å². The number of anilines is 1. The van der Waals surface area contributed by atoms with Crippen LogP contribution < -0.4 is 11.1 Å². The molecule has 2 aromatic rings. The van der Waals surface area contributed by atoms with Gasteiger partial charge >= 0.3 is 0 Å². The molecule has 0 radical (unpaired) electrons. The number of nitrogens with zero attached hydrogens (tertiary/aromatic N) is 2. The van der Waals surface area contributed by atoms with E-state index in [1.165, 1.54) is 0 Å². The molecular weight excluding hydrogens is 328 g/mol. The van der Waals surface area contributed by atoms with E-state index < -0.39 is 15.4 Å². The molecule has 2 heterocycles. The number of aromatic nitrogens is 2. The standard InChI is InChI=1S/C16H18N4O3S/c1-16(5-6-24(22,23)10-16)20-14(21)12-4-2-3-11(7-12)13-8-18-15(17)19-9-13/h2-4,7-9H,5-6,10H2,1H3,(H,20,21)(H2,17,18,19). The number of nitrogens with two attached hydrogens (primary N) is 1. The van der Waals surface area contributed by atoms with E-state index in [1.54, 1.807) is 37.5 Å². The van der Waals surface area contributed by atoms with Gasteiger partial charge in [-0.3, -0.25) is 4.79 Å². The quantitative estimate of drug-likeness (QED) is 0.858. The van der Waals surface area contributed by atoms with E-state index >= 15 is 0 Å². The first-order chi connectivity index (χ1) is 11.3. The van der Waals surface area contributed by atoms with Gasteiger partial charge < -0.3 is 11.1 Å². The highest BCUT2D eigenvalue weighted by atomic mass is 32.2. The zero-order chi connectivity index (χ0) is 17.4. The molecular formula is C16H18N4O3S. The summed E-state index contributed by atoms with van der Waals surface area (Å²) in [6.07, 6.45) is 3.60. The molecule has 3 N–H and O–H groups in total. The van der Waals surface area contributed by atoms with Crippen LogP contribution in [0.3, 0.4) is 0 Å². The molecule has 0 bridgehead atoms. The van der Waals surface area contributed by atoms with Gasteiger partial charge in [0.25, 0.3) is 5.91 Å². The van der Waals surface area contributed by atoms with Crippen LogP contribution in [0.15, 0.2) is 36.7 Å². The van der Waals surface area contributed by atoms with Gasteiger partial charge in [0.15, 0.2) is 9.84 Å². The molecule has 24 heavy (non-hydrogen) atoms. The second-order valence-corrected chi connectivity index (χ2v) is 8.45. The summed E-state index contributed by atoms with van der Waals surface area (Å²) >= 11 is 0. The summed E-state index contributed by atoms with van der Waals surface area (Å²) in [6.45, 7) is 1.76. The summed E-state index contributed by atoms with van der Waals surface area (Å²) < 4.78 is 23.3. The highest BCUT2D eigenvalue weighted by molar-refractivity contribution is 7.91. The van der Waals surface area contributed by atoms with Crippen LogP contribution in [-0.2, 0) is 9.84 Å². The van der Waals surface area contributed by atoms with E-state index in [4.69, 9.17) is 5.73 Å². The molecule has 7 nitrogen and oxygen atoms in total. The maximum Gasteiger partial charge on any atom is 0.251 e. The van der Waals surface area contributed by atoms with Gasteiger partial charge in [-0.15, -0.1) is 0 Å². The minimum absolute atomic E-state index is 0.0305. The van der Waals surface area contributed by atoms with E-state index in [2.05, 4.69) is 15.3 Å². The maximum absolute atomic E-state index is 12.5. The zero-order valence-corrected chi connectivity index (χ0v) is 14.0. The molecule has 0 aliphatic carbocycles. The van der Waals surface area contributed by atoms with Crippen molar-refractivity contribution in [2.24, 2.45) is 0 Å². The summed E-state index contributed by atoms with van der Waals surface area (Å²) in [5, 5.41) is 2.85. The molecule has 3 rings (SSSR count). The molecule has 1 amide bonds. The van der Waals surface area contributed by atoms with Crippen LogP contribution in [0.5, 0.6) is 0 Å². The maximum atomic E-state index is 12.5. The largest absolute Gasteiger partial charge is 0.368 e. The van der Waals surface area contributed by atoms with Crippen LogP contribution in [0, 0.1) is 0 Å². The van der Waals surface area contributed by atoms with Crippen LogP contribution >= 0.6 is 0 Å². The molecule has 1 aromatic carbocycles. The molecule has 0 spiro atoms. The van der Waals surface area contributed by atoms with Crippen LogP contribution in [0.2, 0.25) is 0 Å². The number of sulfone groups is 1. The fourth-order valence-corrected chi connectivity index (χ4v) is 4.88. The number of hydrogen-bond acceptors (Lipinski definition) is 6. The van der Waals surface area contributed by atoms with E-state index in [1.807, 2.05) is 6.07 Å². The Hall–Kier alpha value is -2.48. The molecule has 1 atom stereocenters. The summed E-state index contributed by atoms with van der Waals surface area (Å²) in [4.78, 5) is 20.4. The van der Waals surface area contributed by atoms with Crippen molar-refractivity contribution in [2.45, 2.75) is 18.9 Å². The fraction of sp³-hybridized carbons (Fsp3) is 0.312. The third-order valence-electron chi connectivity index (χ3n) is 4.05. The molecule has 1 saturated heterocycles. The Morgan fingerprint density at radius 3 is 2.58 bits per heavy atom. The lowest BCUT2D eigenvalue weighted by molar-refractivity contribution is 0.0915. The fourth-order valence-electron chi connectivity index (χ4n) is 2.78. The monoisotopic (exact) mass is 346 g/mol. The Morgan fingerprint density at radius 2 is 1.96 bits per heavy atom. The minimum Gasteiger partial charge on any atom is -0.368 e. The molecule has 8 heteroatoms. The van der Waals surface area contributed by atoms with Crippen molar-refractivity contribution in [1.82, 2.24) is 15.3 Å². The van der Waals surface area contributed by atoms with Crippen LogP contribution in [0.1, 0.15) is 23.7 Å². The number of hydrogen-bond donors (Lipinski definition) is 2. The van der Waals surface area contributed by atoms with Gasteiger partial charge in [0.05, 0.1) is 17.0 Å². The summed E-state index contributed by atoms with van der Waals surface area (Å²) in [5.41, 5.74) is 6.73. The smallest absolute Gasteiger partial charge is 0.251 e. The Bertz CT molecular complexity index is 880. The topological polar surface area (TPSA) is 115 Å². The van der Waals surface area contributed by atoms with Gasteiger partial charge in [0.1, 0.15) is 0 Å². The van der Waals surface area contributed by atoms with Crippen molar-refractivity contribution in [3.63, 3.8) is 0 Å². The highest BCUT2D eigenvalue weighted by Crippen LogP contribution is 2.24. The van der Waals surface area contributed by atoms with Crippen molar-refractivity contribution in [3.05, 3.63) is 42.2 Å². The first-order valence-electron chi connectivity index (χ1n) is 7.47. The lowest BCUT2D eigenvalue weighted by Gasteiger charge is -2.24. The third-order valence-corrected chi connectivity index (χ3v) is 5.95. The lowest BCUT2D eigenvalue weighted by atomic mass is 10.0. The van der Waals surface area contributed by atoms with Gasteiger partial charge in [-0.05, 0) is 31.0 Å². The molecule has 126 valence electrons. The molecule has 1 fully saturated rings. The second-order valence-electron chi connectivity index (χ2n) is 6.27. The predicted molar refractivity (Wildman–Crippen MR) is 91.0 cm³/mol. The zero-order valence-electron chi connectivity index (χ0n) is 13.2. The average molecular weight is 346 g/mol. The molecule has 1 aliphatic heterocycles. The Kier molecular flexibility index (Phi) is 4.00. The van der Waals surface area contributed by atoms with Gasteiger partial charge in [0.2, 0.25) is 5.95 Å². The first kappa shape index (κ1) is 16.4. The predicted octanol–water partition coefficient (Wildman–Crippen LogP) is 1.03. The van der Waals surface area contributed by atoms with Crippen molar-refractivity contribution >= 4 is 21.7 Å². The van der Waals surface area contributed by atoms with E-state index in [0.29, 0.717) is 12.0 Å². The number of nitrogen functional groups attached to an aromatic ring is 1. The number of carbonyl (C=O) groups is 1. The second kappa shape index (κ2) is 5.86. The number of rotatable bonds is 3. The number of carbonyl (C=O) groups excluding carboxylic acids is 1. The Labute approximate surface area is 140 Å². The molecule has 0 saturated carbocycles. The van der Waals surface area contributed by atoms with Gasteiger partial charge in [-0.2, -0.15) is 0 Å². The summed E-state index contributed by atoms with van der Waals surface area (Å²) in [7, 11) is -3.08. The molecule has 1 aromatic heterocycles. The SMILES string of the molecule is CC1(NC(=O)c2cccc(-c3cnc(N)nc3)c2)CCS(=O)(=O)C1.